The second-order valence-electron chi connectivity index (χ2n) is 8.57. The number of benzene rings is 2. The minimum atomic E-state index is -0.605. The Kier molecular flexibility index (Phi) is 8.93. The largest absolute Gasteiger partial charge is 0.332 e. The van der Waals surface area contributed by atoms with Gasteiger partial charge in [0.2, 0.25) is 5.91 Å². The second-order valence-corrected chi connectivity index (χ2v) is 9.94. The number of amides is 2. The molecule has 1 atom stereocenters. The lowest BCUT2D eigenvalue weighted by atomic mass is 10.1. The van der Waals surface area contributed by atoms with Crippen LogP contribution in [0.2, 0.25) is 0 Å². The van der Waals surface area contributed by atoms with Gasteiger partial charge in [0.25, 0.3) is 5.91 Å². The molecule has 0 saturated carbocycles. The van der Waals surface area contributed by atoms with Gasteiger partial charge >= 0.3 is 0 Å². The van der Waals surface area contributed by atoms with Crippen molar-refractivity contribution in [3.63, 3.8) is 0 Å². The van der Waals surface area contributed by atoms with Crippen LogP contribution in [0.25, 0.3) is 0 Å². The van der Waals surface area contributed by atoms with E-state index < -0.39 is 11.7 Å². The Morgan fingerprint density at radius 3 is 2.26 bits per heavy atom. The van der Waals surface area contributed by atoms with Crippen LogP contribution in [0.1, 0.15) is 45.9 Å². The zero-order chi connectivity index (χ0) is 24.7. The van der Waals surface area contributed by atoms with Crippen molar-refractivity contribution in [2.75, 3.05) is 13.1 Å². The van der Waals surface area contributed by atoms with Crippen LogP contribution < -0.4 is 0 Å². The predicted molar refractivity (Wildman–Crippen MR) is 131 cm³/mol. The van der Waals surface area contributed by atoms with Crippen molar-refractivity contribution in [2.24, 2.45) is 5.92 Å². The molecule has 0 saturated heterocycles. The van der Waals surface area contributed by atoms with Gasteiger partial charge < -0.3 is 9.80 Å². The van der Waals surface area contributed by atoms with E-state index in [0.29, 0.717) is 13.1 Å². The van der Waals surface area contributed by atoms with Crippen molar-refractivity contribution < 1.29 is 18.4 Å². The van der Waals surface area contributed by atoms with Crippen molar-refractivity contribution in [3.8, 4) is 0 Å². The van der Waals surface area contributed by atoms with E-state index in [-0.39, 0.29) is 36.3 Å². The maximum atomic E-state index is 14.4. The summed E-state index contributed by atoms with van der Waals surface area (Å²) >= 11 is 1.60. The van der Waals surface area contributed by atoms with Crippen molar-refractivity contribution in [3.05, 3.63) is 93.2 Å². The molecule has 4 nitrogen and oxygen atoms in total. The maximum absolute atomic E-state index is 14.4. The highest BCUT2D eigenvalue weighted by molar-refractivity contribution is 7.11. The Labute approximate surface area is 203 Å². The SMILES string of the molecule is CC[C@H](C)CN(CC(=O)N(Cc1ccc(F)cc1)Cc1ccc(C)s1)C(=O)c1ccccc1F. The molecule has 0 radical (unpaired) electrons. The quantitative estimate of drug-likeness (QED) is 0.351. The van der Waals surface area contributed by atoms with E-state index in [4.69, 9.17) is 0 Å². The third kappa shape index (κ3) is 6.97. The average Bonchev–Trinajstić information content (AvgIpc) is 3.23. The maximum Gasteiger partial charge on any atom is 0.257 e. The fraction of sp³-hybridized carbons (Fsp3) is 0.333. The molecule has 0 unspecified atom stereocenters. The number of hydrogen-bond acceptors (Lipinski definition) is 3. The normalized spacial score (nSPS) is 11.8. The first-order chi connectivity index (χ1) is 16.3. The van der Waals surface area contributed by atoms with Crippen LogP contribution in [-0.2, 0) is 17.9 Å². The molecule has 34 heavy (non-hydrogen) atoms. The van der Waals surface area contributed by atoms with E-state index in [1.807, 2.05) is 32.9 Å². The van der Waals surface area contributed by atoms with Crippen LogP contribution in [0.15, 0.2) is 60.7 Å². The van der Waals surface area contributed by atoms with E-state index in [9.17, 15) is 18.4 Å². The van der Waals surface area contributed by atoms with Crippen LogP contribution in [0.5, 0.6) is 0 Å². The van der Waals surface area contributed by atoms with Gasteiger partial charge in [0.15, 0.2) is 0 Å². The molecule has 2 aromatic carbocycles. The highest BCUT2D eigenvalue weighted by Gasteiger charge is 2.25. The fourth-order valence-electron chi connectivity index (χ4n) is 3.59. The number of carbonyl (C=O) groups is 2. The number of hydrogen-bond donors (Lipinski definition) is 0. The van der Waals surface area contributed by atoms with Crippen LogP contribution in [-0.4, -0.2) is 34.7 Å². The summed E-state index contributed by atoms with van der Waals surface area (Å²) in [6, 6.07) is 15.8. The van der Waals surface area contributed by atoms with Crippen molar-refractivity contribution in [1.29, 1.82) is 0 Å². The van der Waals surface area contributed by atoms with Gasteiger partial charge in [0.05, 0.1) is 12.1 Å². The van der Waals surface area contributed by atoms with Gasteiger partial charge in [0.1, 0.15) is 18.2 Å². The van der Waals surface area contributed by atoms with Gasteiger partial charge in [-0.05, 0) is 54.8 Å². The molecule has 0 fully saturated rings. The summed E-state index contributed by atoms with van der Waals surface area (Å²) < 4.78 is 27.7. The van der Waals surface area contributed by atoms with Crippen LogP contribution in [0, 0.1) is 24.5 Å². The number of rotatable bonds is 10. The van der Waals surface area contributed by atoms with Gasteiger partial charge in [-0.1, -0.05) is 44.5 Å². The summed E-state index contributed by atoms with van der Waals surface area (Å²) in [6.45, 7) is 6.85. The number of nitrogens with zero attached hydrogens (tertiary/aromatic N) is 2. The highest BCUT2D eigenvalue weighted by Crippen LogP contribution is 2.20. The zero-order valence-electron chi connectivity index (χ0n) is 19.8. The number of carbonyl (C=O) groups excluding carboxylic acids is 2. The van der Waals surface area contributed by atoms with Crippen LogP contribution >= 0.6 is 11.3 Å². The Morgan fingerprint density at radius 2 is 1.65 bits per heavy atom. The Morgan fingerprint density at radius 1 is 0.941 bits per heavy atom. The topological polar surface area (TPSA) is 40.6 Å². The van der Waals surface area contributed by atoms with E-state index in [1.54, 1.807) is 34.4 Å². The Hall–Kier alpha value is -3.06. The van der Waals surface area contributed by atoms with E-state index in [2.05, 4.69) is 0 Å². The molecular formula is C27H30F2N2O2S. The summed E-state index contributed by atoms with van der Waals surface area (Å²) in [5, 5.41) is 0. The molecule has 0 aliphatic carbocycles. The van der Waals surface area contributed by atoms with E-state index in [0.717, 1.165) is 21.7 Å². The summed E-state index contributed by atoms with van der Waals surface area (Å²) in [4.78, 5) is 32.0. The van der Waals surface area contributed by atoms with E-state index >= 15 is 0 Å². The van der Waals surface area contributed by atoms with E-state index in [1.165, 1.54) is 35.2 Å². The molecule has 0 aliphatic rings. The molecule has 3 rings (SSSR count). The standard InChI is InChI=1S/C27H30F2N2O2S/c1-4-19(2)15-31(27(33)24-7-5-6-8-25(24)29)18-26(32)30(17-23-14-9-20(3)34-23)16-21-10-12-22(28)13-11-21/h5-14,19H,4,15-18H2,1-3H3/t19-/m0/s1. The third-order valence-corrected chi connectivity index (χ3v) is 6.71. The second kappa shape index (κ2) is 11.9. The highest BCUT2D eigenvalue weighted by atomic mass is 32.1. The molecule has 7 heteroatoms. The summed E-state index contributed by atoms with van der Waals surface area (Å²) in [7, 11) is 0. The summed E-state index contributed by atoms with van der Waals surface area (Å²) in [6.07, 6.45) is 0.822. The molecule has 3 aromatic rings. The lowest BCUT2D eigenvalue weighted by Gasteiger charge is -2.29. The van der Waals surface area contributed by atoms with Gasteiger partial charge in [-0.25, -0.2) is 8.78 Å². The summed E-state index contributed by atoms with van der Waals surface area (Å²) in [5.41, 5.74) is 0.745. The molecule has 0 aliphatic heterocycles. The fourth-order valence-corrected chi connectivity index (χ4v) is 4.50. The number of aryl methyl sites for hydroxylation is 1. The van der Waals surface area contributed by atoms with Crippen molar-refractivity contribution in [2.45, 2.75) is 40.3 Å². The smallest absolute Gasteiger partial charge is 0.257 e. The molecule has 180 valence electrons. The monoisotopic (exact) mass is 484 g/mol. The molecular weight excluding hydrogens is 454 g/mol. The number of thiophene rings is 1. The van der Waals surface area contributed by atoms with Gasteiger partial charge in [0, 0.05) is 22.8 Å². The Balaban J connectivity index is 1.85. The predicted octanol–water partition coefficient (Wildman–Crippen LogP) is 6.05. The first-order valence-corrected chi connectivity index (χ1v) is 12.2. The molecule has 0 spiro atoms. The Bertz CT molecular complexity index is 1110. The first kappa shape index (κ1) is 25.6. The lowest BCUT2D eigenvalue weighted by molar-refractivity contribution is -0.133. The van der Waals surface area contributed by atoms with Gasteiger partial charge in [-0.2, -0.15) is 0 Å². The summed E-state index contributed by atoms with van der Waals surface area (Å²) in [5.74, 6) is -1.55. The van der Waals surface area contributed by atoms with Crippen molar-refractivity contribution >= 4 is 23.2 Å². The minimum Gasteiger partial charge on any atom is -0.332 e. The van der Waals surface area contributed by atoms with Crippen molar-refractivity contribution in [1.82, 2.24) is 9.80 Å². The zero-order valence-corrected chi connectivity index (χ0v) is 20.6. The molecule has 0 bridgehead atoms. The van der Waals surface area contributed by atoms with Crippen LogP contribution in [0.3, 0.4) is 0 Å². The molecule has 0 N–H and O–H groups in total. The van der Waals surface area contributed by atoms with Crippen LogP contribution in [0.4, 0.5) is 8.78 Å². The lowest BCUT2D eigenvalue weighted by Crippen LogP contribution is -2.44. The van der Waals surface area contributed by atoms with Gasteiger partial charge in [-0.15, -0.1) is 11.3 Å². The van der Waals surface area contributed by atoms with Gasteiger partial charge in [-0.3, -0.25) is 9.59 Å². The first-order valence-electron chi connectivity index (χ1n) is 11.4. The average molecular weight is 485 g/mol. The number of halogens is 2. The molecule has 1 heterocycles. The molecule has 1 aromatic heterocycles. The molecule has 2 amide bonds. The third-order valence-electron chi connectivity index (χ3n) is 5.73. The minimum absolute atomic E-state index is 0.0439.